The number of aromatic amines is 1. The van der Waals surface area contributed by atoms with Crippen LogP contribution >= 0.6 is 0 Å². The zero-order valence-electron chi connectivity index (χ0n) is 15.7. The molecule has 3 N–H and O–H groups in total. The van der Waals surface area contributed by atoms with Gasteiger partial charge in [-0.2, -0.15) is 0 Å². The van der Waals surface area contributed by atoms with E-state index in [0.29, 0.717) is 11.8 Å². The Morgan fingerprint density at radius 2 is 2.00 bits per heavy atom. The van der Waals surface area contributed by atoms with Crippen LogP contribution in [-0.2, 0) is 6.42 Å². The Hall–Kier alpha value is -3.05. The maximum Gasteiger partial charge on any atom is 0.511 e. The summed E-state index contributed by atoms with van der Waals surface area (Å²) in [7, 11) is 0. The van der Waals surface area contributed by atoms with Crippen LogP contribution in [0.1, 0.15) is 30.4 Å². The first-order chi connectivity index (χ1) is 13.7. The van der Waals surface area contributed by atoms with Gasteiger partial charge in [0, 0.05) is 29.7 Å². The van der Waals surface area contributed by atoms with Crippen LogP contribution in [0.3, 0.4) is 0 Å². The van der Waals surface area contributed by atoms with Gasteiger partial charge in [-0.3, -0.25) is 0 Å². The molecule has 0 saturated carbocycles. The van der Waals surface area contributed by atoms with Crippen molar-refractivity contribution in [2.45, 2.75) is 31.7 Å². The maximum absolute atomic E-state index is 11.0. The van der Waals surface area contributed by atoms with Gasteiger partial charge in [-0.25, -0.2) is 4.79 Å². The second kappa shape index (κ2) is 8.31. The molecule has 1 atom stereocenters. The second-order valence-electron chi connectivity index (χ2n) is 7.16. The number of carbonyl (C=O) groups is 1. The summed E-state index contributed by atoms with van der Waals surface area (Å²) < 4.78 is 4.96. The molecular weight excluding hydrogens is 352 g/mol. The Labute approximate surface area is 164 Å². The fourth-order valence-corrected chi connectivity index (χ4v) is 4.00. The fraction of sp³-hybridized carbons (Fsp3) is 0.261. The number of H-pyrrole nitrogens is 1. The molecule has 5 heteroatoms. The normalized spacial score (nSPS) is 16.7. The topological polar surface area (TPSA) is 74.3 Å². The van der Waals surface area contributed by atoms with E-state index in [-0.39, 0.29) is 0 Å². The minimum absolute atomic E-state index is 0.395. The highest BCUT2D eigenvalue weighted by atomic mass is 16.7. The third-order valence-electron chi connectivity index (χ3n) is 5.31. The van der Waals surface area contributed by atoms with Crippen LogP contribution in [0.4, 0.5) is 4.79 Å². The van der Waals surface area contributed by atoms with Gasteiger partial charge in [-0.1, -0.05) is 42.5 Å². The van der Waals surface area contributed by atoms with Crippen molar-refractivity contribution in [3.63, 3.8) is 0 Å². The molecule has 0 radical (unpaired) electrons. The van der Waals surface area contributed by atoms with Gasteiger partial charge in [0.05, 0.1) is 0 Å². The predicted octanol–water partition coefficient (Wildman–Crippen LogP) is 4.99. The summed E-state index contributed by atoms with van der Waals surface area (Å²) >= 11 is 0. The molecule has 1 aliphatic heterocycles. The van der Waals surface area contributed by atoms with Crippen molar-refractivity contribution in [3.05, 3.63) is 71.9 Å². The van der Waals surface area contributed by atoms with Gasteiger partial charge >= 0.3 is 6.16 Å². The van der Waals surface area contributed by atoms with Gasteiger partial charge in [0.2, 0.25) is 0 Å². The SMILES string of the molecule is O=C(O)Oc1cccc2[nH]cc(CCCC3CC(c4ccccc4)=CCN3)c12. The average molecular weight is 376 g/mol. The summed E-state index contributed by atoms with van der Waals surface area (Å²) in [5.74, 6) is 0.395. The van der Waals surface area contributed by atoms with Crippen molar-refractivity contribution < 1.29 is 14.6 Å². The number of rotatable bonds is 6. The summed E-state index contributed by atoms with van der Waals surface area (Å²) in [4.78, 5) is 14.2. The first-order valence-electron chi connectivity index (χ1n) is 9.68. The van der Waals surface area contributed by atoms with Crippen LogP contribution in [0.25, 0.3) is 16.5 Å². The lowest BCUT2D eigenvalue weighted by molar-refractivity contribution is 0.145. The molecule has 0 bridgehead atoms. The standard InChI is InChI=1S/C23H24N2O3/c26-23(27)28-21-11-5-10-20-22(21)18(15-25-20)8-4-9-19-14-17(12-13-24-19)16-6-2-1-3-7-16/h1-3,5-7,10-12,15,19,24-25H,4,8-9,13-14H2,(H,26,27). The summed E-state index contributed by atoms with van der Waals surface area (Å²) in [6.45, 7) is 0.901. The molecule has 2 heterocycles. The van der Waals surface area contributed by atoms with Gasteiger partial charge in [0.15, 0.2) is 0 Å². The molecule has 3 aromatic rings. The largest absolute Gasteiger partial charge is 0.511 e. The van der Waals surface area contributed by atoms with E-state index >= 15 is 0 Å². The molecule has 4 rings (SSSR count). The Morgan fingerprint density at radius 3 is 2.82 bits per heavy atom. The van der Waals surface area contributed by atoms with Crippen molar-refractivity contribution in [1.29, 1.82) is 0 Å². The zero-order valence-corrected chi connectivity index (χ0v) is 15.7. The van der Waals surface area contributed by atoms with Crippen molar-refractivity contribution in [1.82, 2.24) is 10.3 Å². The summed E-state index contributed by atoms with van der Waals surface area (Å²) in [6.07, 6.45) is 6.95. The molecule has 1 unspecified atom stereocenters. The Bertz CT molecular complexity index is 992. The van der Waals surface area contributed by atoms with Crippen LogP contribution < -0.4 is 10.1 Å². The van der Waals surface area contributed by atoms with Gasteiger partial charge < -0.3 is 20.1 Å². The van der Waals surface area contributed by atoms with Gasteiger partial charge in [0.1, 0.15) is 5.75 Å². The van der Waals surface area contributed by atoms with E-state index in [1.807, 2.05) is 18.3 Å². The molecule has 28 heavy (non-hydrogen) atoms. The summed E-state index contributed by atoms with van der Waals surface area (Å²) in [5.41, 5.74) is 4.72. The third-order valence-corrected chi connectivity index (χ3v) is 5.31. The molecule has 144 valence electrons. The number of carboxylic acid groups (broad SMARTS) is 1. The number of hydrogen-bond acceptors (Lipinski definition) is 3. The molecular formula is C23H24N2O3. The number of nitrogens with one attached hydrogen (secondary N) is 2. The van der Waals surface area contributed by atoms with Gasteiger partial charge in [0.25, 0.3) is 0 Å². The van der Waals surface area contributed by atoms with Crippen molar-refractivity contribution >= 4 is 22.6 Å². The Kier molecular flexibility index (Phi) is 5.44. The highest BCUT2D eigenvalue weighted by Gasteiger charge is 2.17. The number of aromatic nitrogens is 1. The molecule has 1 aliphatic rings. The molecule has 2 aromatic carbocycles. The van der Waals surface area contributed by atoms with Crippen molar-refractivity contribution in [2.75, 3.05) is 6.54 Å². The number of hydrogen-bond donors (Lipinski definition) is 3. The van der Waals surface area contributed by atoms with E-state index in [1.54, 1.807) is 12.1 Å². The fourth-order valence-electron chi connectivity index (χ4n) is 4.00. The monoisotopic (exact) mass is 376 g/mol. The van der Waals surface area contributed by atoms with E-state index in [4.69, 9.17) is 9.84 Å². The minimum Gasteiger partial charge on any atom is -0.449 e. The molecule has 0 aliphatic carbocycles. The first-order valence-corrected chi connectivity index (χ1v) is 9.68. The third kappa shape index (κ3) is 4.10. The summed E-state index contributed by atoms with van der Waals surface area (Å²) in [6, 6.07) is 16.5. The number of benzene rings is 2. The van der Waals surface area contributed by atoms with E-state index in [2.05, 4.69) is 40.6 Å². The highest BCUT2D eigenvalue weighted by Crippen LogP contribution is 2.30. The number of aryl methyl sites for hydroxylation is 1. The van der Waals surface area contributed by atoms with Crippen LogP contribution in [0.5, 0.6) is 5.75 Å². The highest BCUT2D eigenvalue weighted by molar-refractivity contribution is 5.90. The maximum atomic E-state index is 11.0. The van der Waals surface area contributed by atoms with E-state index in [1.165, 1.54) is 11.1 Å². The Morgan fingerprint density at radius 1 is 1.14 bits per heavy atom. The summed E-state index contributed by atoms with van der Waals surface area (Å²) in [5, 5.41) is 13.4. The van der Waals surface area contributed by atoms with Crippen LogP contribution in [0, 0.1) is 0 Å². The van der Waals surface area contributed by atoms with Crippen molar-refractivity contribution in [3.8, 4) is 5.75 Å². The number of ether oxygens (including phenoxy) is 1. The molecule has 0 fully saturated rings. The first kappa shape index (κ1) is 18.3. The van der Waals surface area contributed by atoms with E-state index < -0.39 is 6.16 Å². The lowest BCUT2D eigenvalue weighted by Crippen LogP contribution is -2.32. The lowest BCUT2D eigenvalue weighted by atomic mass is 9.92. The lowest BCUT2D eigenvalue weighted by Gasteiger charge is -2.24. The number of fused-ring (bicyclic) bond motifs is 1. The average Bonchev–Trinajstić information content (AvgIpc) is 3.13. The van der Waals surface area contributed by atoms with Crippen LogP contribution in [0.15, 0.2) is 60.8 Å². The molecule has 1 aromatic heterocycles. The van der Waals surface area contributed by atoms with Crippen molar-refractivity contribution in [2.24, 2.45) is 0 Å². The van der Waals surface area contributed by atoms with Crippen LogP contribution in [-0.4, -0.2) is 28.8 Å². The second-order valence-corrected chi connectivity index (χ2v) is 7.16. The van der Waals surface area contributed by atoms with Gasteiger partial charge in [-0.15, -0.1) is 0 Å². The molecule has 5 nitrogen and oxygen atoms in total. The smallest absolute Gasteiger partial charge is 0.449 e. The van der Waals surface area contributed by atoms with Crippen LogP contribution in [0.2, 0.25) is 0 Å². The van der Waals surface area contributed by atoms with E-state index in [0.717, 1.165) is 48.7 Å². The molecule has 0 spiro atoms. The quantitative estimate of drug-likeness (QED) is 0.418. The predicted molar refractivity (Wildman–Crippen MR) is 111 cm³/mol. The van der Waals surface area contributed by atoms with E-state index in [9.17, 15) is 4.79 Å². The Balaban J connectivity index is 1.39. The molecule has 0 saturated heterocycles. The molecule has 0 amide bonds. The minimum atomic E-state index is -1.29. The van der Waals surface area contributed by atoms with Gasteiger partial charge in [-0.05, 0) is 54.5 Å². The zero-order chi connectivity index (χ0) is 19.3.